The summed E-state index contributed by atoms with van der Waals surface area (Å²) in [6, 6.07) is 0.827. The van der Waals surface area contributed by atoms with Crippen LogP contribution in [0.15, 0.2) is 0 Å². The lowest BCUT2D eigenvalue weighted by Crippen LogP contribution is -2.76. The summed E-state index contributed by atoms with van der Waals surface area (Å²) >= 11 is 0. The summed E-state index contributed by atoms with van der Waals surface area (Å²) in [5.74, 6) is 0.957. The van der Waals surface area contributed by atoms with E-state index in [-0.39, 0.29) is 0 Å². The summed E-state index contributed by atoms with van der Waals surface area (Å²) in [7, 11) is 0. The maximum atomic E-state index is 3.45. The zero-order valence-corrected chi connectivity index (χ0v) is 9.76. The molecular weight excluding hydrogens is 186 g/mol. The minimum atomic E-state index is 0.674. The fourth-order valence-corrected chi connectivity index (χ4v) is 3.42. The van der Waals surface area contributed by atoms with Crippen molar-refractivity contribution in [2.75, 3.05) is 39.3 Å². The van der Waals surface area contributed by atoms with Gasteiger partial charge in [-0.15, -0.1) is 0 Å². The minimum Gasteiger partial charge on any atom is -0.317 e. The highest BCUT2D eigenvalue weighted by molar-refractivity contribution is 5.09. The number of nitrogens with zero attached hydrogens (tertiary/aromatic N) is 1. The Balaban J connectivity index is 1.48. The molecule has 3 aliphatic rings. The van der Waals surface area contributed by atoms with Crippen LogP contribution in [0.5, 0.6) is 0 Å². The van der Waals surface area contributed by atoms with Crippen molar-refractivity contribution in [2.45, 2.75) is 25.8 Å². The predicted molar refractivity (Wildman–Crippen MR) is 61.9 cm³/mol. The minimum absolute atomic E-state index is 0.674. The second kappa shape index (κ2) is 3.72. The molecule has 3 aliphatic heterocycles. The monoisotopic (exact) mass is 209 g/mol. The van der Waals surface area contributed by atoms with Gasteiger partial charge in [-0.1, -0.05) is 0 Å². The first-order valence-corrected chi connectivity index (χ1v) is 6.46. The molecule has 0 aromatic rings. The molecule has 0 bridgehead atoms. The molecule has 15 heavy (non-hydrogen) atoms. The molecule has 3 nitrogen and oxygen atoms in total. The average molecular weight is 209 g/mol. The molecule has 0 amide bonds. The van der Waals surface area contributed by atoms with Gasteiger partial charge in [0.05, 0.1) is 0 Å². The number of hydrogen-bond acceptors (Lipinski definition) is 3. The van der Waals surface area contributed by atoms with Crippen molar-refractivity contribution in [2.24, 2.45) is 11.3 Å². The zero-order valence-electron chi connectivity index (χ0n) is 9.76. The Morgan fingerprint density at radius 3 is 2.47 bits per heavy atom. The van der Waals surface area contributed by atoms with Crippen molar-refractivity contribution >= 4 is 0 Å². The molecule has 3 rings (SSSR count). The van der Waals surface area contributed by atoms with Crippen molar-refractivity contribution in [3.8, 4) is 0 Å². The number of piperidine rings is 1. The summed E-state index contributed by atoms with van der Waals surface area (Å²) in [5, 5.41) is 6.87. The van der Waals surface area contributed by atoms with Crippen LogP contribution in [0.2, 0.25) is 0 Å². The van der Waals surface area contributed by atoms with E-state index in [2.05, 4.69) is 22.5 Å². The van der Waals surface area contributed by atoms with E-state index in [1.807, 2.05) is 0 Å². The molecule has 3 saturated heterocycles. The van der Waals surface area contributed by atoms with E-state index in [9.17, 15) is 0 Å². The van der Waals surface area contributed by atoms with Crippen LogP contribution in [0.4, 0.5) is 0 Å². The molecule has 2 N–H and O–H groups in total. The summed E-state index contributed by atoms with van der Waals surface area (Å²) in [4.78, 5) is 2.71. The van der Waals surface area contributed by atoms with E-state index in [4.69, 9.17) is 0 Å². The Bertz CT molecular complexity index is 231. The Hall–Kier alpha value is -0.120. The molecular formula is C12H23N3. The number of likely N-dealkylation sites (tertiary alicyclic amines) is 1. The molecule has 1 atom stereocenters. The van der Waals surface area contributed by atoms with E-state index in [1.54, 1.807) is 0 Å². The molecule has 0 radical (unpaired) electrons. The molecule has 0 aromatic carbocycles. The van der Waals surface area contributed by atoms with E-state index in [1.165, 1.54) is 52.1 Å². The summed E-state index contributed by atoms with van der Waals surface area (Å²) in [5.41, 5.74) is 0.674. The fourth-order valence-electron chi connectivity index (χ4n) is 3.42. The van der Waals surface area contributed by atoms with Crippen LogP contribution in [-0.2, 0) is 0 Å². The van der Waals surface area contributed by atoms with Gasteiger partial charge < -0.3 is 10.6 Å². The van der Waals surface area contributed by atoms with Crippen LogP contribution in [0, 0.1) is 11.3 Å². The second-order valence-electron chi connectivity index (χ2n) is 5.76. The number of rotatable bonds is 2. The van der Waals surface area contributed by atoms with Crippen LogP contribution in [-0.4, -0.2) is 50.2 Å². The largest absolute Gasteiger partial charge is 0.317 e. The van der Waals surface area contributed by atoms with Crippen molar-refractivity contribution in [1.29, 1.82) is 0 Å². The van der Waals surface area contributed by atoms with Gasteiger partial charge in [0.1, 0.15) is 0 Å². The standard InChI is InChI=1S/C12H23N3/c1-10-12(7-14-8-12)9-15(10)6-11-2-4-13-5-3-11/h10-11,13-14H,2-9H2,1H3. The van der Waals surface area contributed by atoms with Crippen molar-refractivity contribution in [1.82, 2.24) is 15.5 Å². The van der Waals surface area contributed by atoms with Crippen molar-refractivity contribution in [3.05, 3.63) is 0 Å². The maximum absolute atomic E-state index is 3.45. The van der Waals surface area contributed by atoms with Gasteiger partial charge in [0.15, 0.2) is 0 Å². The summed E-state index contributed by atoms with van der Waals surface area (Å²) in [6.07, 6.45) is 2.77. The molecule has 1 spiro atoms. The van der Waals surface area contributed by atoms with Gasteiger partial charge in [-0.25, -0.2) is 0 Å². The zero-order chi connectivity index (χ0) is 10.3. The Morgan fingerprint density at radius 1 is 1.20 bits per heavy atom. The van der Waals surface area contributed by atoms with E-state index >= 15 is 0 Å². The highest BCUT2D eigenvalue weighted by Crippen LogP contribution is 2.41. The average Bonchev–Trinajstić information content (AvgIpc) is 2.22. The van der Waals surface area contributed by atoms with E-state index in [0.717, 1.165) is 12.0 Å². The summed E-state index contributed by atoms with van der Waals surface area (Å²) < 4.78 is 0. The van der Waals surface area contributed by atoms with Gasteiger partial charge in [-0.2, -0.15) is 0 Å². The lowest BCUT2D eigenvalue weighted by Gasteiger charge is -2.62. The molecule has 1 unspecified atom stereocenters. The Morgan fingerprint density at radius 2 is 1.93 bits per heavy atom. The van der Waals surface area contributed by atoms with Gasteiger partial charge in [0, 0.05) is 37.6 Å². The van der Waals surface area contributed by atoms with Crippen LogP contribution < -0.4 is 10.6 Å². The fraction of sp³-hybridized carbons (Fsp3) is 1.00. The molecule has 0 aliphatic carbocycles. The second-order valence-corrected chi connectivity index (χ2v) is 5.76. The summed E-state index contributed by atoms with van der Waals surface area (Å²) in [6.45, 7) is 10.1. The first kappa shape index (κ1) is 10.1. The first-order chi connectivity index (χ1) is 7.30. The van der Waals surface area contributed by atoms with Gasteiger partial charge >= 0.3 is 0 Å². The molecule has 86 valence electrons. The highest BCUT2D eigenvalue weighted by atomic mass is 15.3. The van der Waals surface area contributed by atoms with Gasteiger partial charge in [-0.05, 0) is 38.8 Å². The van der Waals surface area contributed by atoms with Crippen molar-refractivity contribution in [3.63, 3.8) is 0 Å². The maximum Gasteiger partial charge on any atom is 0.0232 e. The van der Waals surface area contributed by atoms with Gasteiger partial charge in [0.25, 0.3) is 0 Å². The predicted octanol–water partition coefficient (Wildman–Crippen LogP) is 0.280. The lowest BCUT2D eigenvalue weighted by molar-refractivity contribution is -0.105. The smallest absolute Gasteiger partial charge is 0.0232 e. The molecule has 3 fully saturated rings. The van der Waals surface area contributed by atoms with Gasteiger partial charge in [-0.3, -0.25) is 4.90 Å². The van der Waals surface area contributed by atoms with E-state index in [0.29, 0.717) is 5.41 Å². The third-order valence-electron chi connectivity index (χ3n) is 4.86. The van der Waals surface area contributed by atoms with Crippen molar-refractivity contribution < 1.29 is 0 Å². The molecule has 3 heteroatoms. The van der Waals surface area contributed by atoms with Crippen LogP contribution >= 0.6 is 0 Å². The van der Waals surface area contributed by atoms with Crippen LogP contribution in [0.25, 0.3) is 0 Å². The lowest BCUT2D eigenvalue weighted by atomic mass is 9.67. The van der Waals surface area contributed by atoms with Crippen LogP contribution in [0.3, 0.4) is 0 Å². The quantitative estimate of drug-likeness (QED) is 0.684. The number of nitrogens with one attached hydrogen (secondary N) is 2. The molecule has 0 saturated carbocycles. The Labute approximate surface area is 92.6 Å². The SMILES string of the molecule is CC1N(CC2CCNCC2)CC12CNC2. The Kier molecular flexibility index (Phi) is 2.49. The van der Waals surface area contributed by atoms with Crippen LogP contribution in [0.1, 0.15) is 19.8 Å². The van der Waals surface area contributed by atoms with E-state index < -0.39 is 0 Å². The molecule has 0 aromatic heterocycles. The highest BCUT2D eigenvalue weighted by Gasteiger charge is 2.53. The third kappa shape index (κ3) is 1.61. The third-order valence-corrected chi connectivity index (χ3v) is 4.86. The first-order valence-electron chi connectivity index (χ1n) is 6.46. The topological polar surface area (TPSA) is 27.3 Å². The molecule has 3 heterocycles. The normalized spacial score (nSPS) is 36.2. The number of hydrogen-bond donors (Lipinski definition) is 2. The van der Waals surface area contributed by atoms with Gasteiger partial charge in [0.2, 0.25) is 0 Å².